The van der Waals surface area contributed by atoms with Gasteiger partial charge in [-0.25, -0.2) is 4.79 Å². The zero-order valence-corrected chi connectivity index (χ0v) is 7.28. The zero-order valence-electron chi connectivity index (χ0n) is 6.46. The van der Waals surface area contributed by atoms with Crippen LogP contribution in [0.3, 0.4) is 0 Å². The first-order chi connectivity index (χ1) is 5.79. The molecule has 12 heavy (non-hydrogen) atoms. The first-order valence-electron chi connectivity index (χ1n) is 3.82. The molecule has 0 spiro atoms. The van der Waals surface area contributed by atoms with E-state index in [4.69, 9.17) is 5.11 Å². The van der Waals surface area contributed by atoms with E-state index in [1.54, 1.807) is 0 Å². The van der Waals surface area contributed by atoms with Gasteiger partial charge >= 0.3 is 5.97 Å². The molecule has 0 saturated carbocycles. The van der Waals surface area contributed by atoms with Gasteiger partial charge in [0.15, 0.2) is 0 Å². The number of thiophene rings is 1. The minimum atomic E-state index is -0.801. The van der Waals surface area contributed by atoms with Crippen LogP contribution in [0.2, 0.25) is 0 Å². The normalized spacial score (nSPS) is 15.7. The SMILES string of the molecule is O=C(O)c1scc2c1CNCC2. The molecule has 0 aliphatic carbocycles. The van der Waals surface area contributed by atoms with Gasteiger partial charge in [0.25, 0.3) is 0 Å². The van der Waals surface area contributed by atoms with Crippen LogP contribution in [-0.2, 0) is 13.0 Å². The molecule has 2 N–H and O–H groups in total. The van der Waals surface area contributed by atoms with Crippen molar-refractivity contribution in [1.82, 2.24) is 5.32 Å². The molecule has 1 aromatic heterocycles. The predicted octanol–water partition coefficient (Wildman–Crippen LogP) is 1.09. The molecule has 2 heterocycles. The average molecular weight is 183 g/mol. The third-order valence-electron chi connectivity index (χ3n) is 2.05. The number of hydrogen-bond donors (Lipinski definition) is 2. The third-order valence-corrected chi connectivity index (χ3v) is 3.11. The second kappa shape index (κ2) is 2.88. The van der Waals surface area contributed by atoms with E-state index in [2.05, 4.69) is 5.32 Å². The van der Waals surface area contributed by atoms with E-state index in [-0.39, 0.29) is 0 Å². The van der Waals surface area contributed by atoms with Crippen molar-refractivity contribution < 1.29 is 9.90 Å². The van der Waals surface area contributed by atoms with Crippen LogP contribution in [0.15, 0.2) is 5.38 Å². The van der Waals surface area contributed by atoms with Gasteiger partial charge in [0.1, 0.15) is 4.88 Å². The summed E-state index contributed by atoms with van der Waals surface area (Å²) >= 11 is 1.33. The Morgan fingerprint density at radius 2 is 2.50 bits per heavy atom. The number of carboxylic acids is 1. The third kappa shape index (κ3) is 1.13. The highest BCUT2D eigenvalue weighted by Gasteiger charge is 2.18. The van der Waals surface area contributed by atoms with Crippen LogP contribution in [0.4, 0.5) is 0 Å². The highest BCUT2D eigenvalue weighted by Crippen LogP contribution is 2.24. The molecule has 0 bridgehead atoms. The molecule has 0 atom stereocenters. The number of carboxylic acid groups (broad SMARTS) is 1. The van der Waals surface area contributed by atoms with Gasteiger partial charge in [-0.05, 0) is 29.5 Å². The molecule has 0 unspecified atom stereocenters. The van der Waals surface area contributed by atoms with Crippen LogP contribution in [0, 0.1) is 0 Å². The summed E-state index contributed by atoms with van der Waals surface area (Å²) in [4.78, 5) is 11.2. The molecular formula is C8H9NO2S. The van der Waals surface area contributed by atoms with Crippen molar-refractivity contribution >= 4 is 17.3 Å². The Labute approximate surface area is 74.0 Å². The summed E-state index contributed by atoms with van der Waals surface area (Å²) in [6, 6.07) is 0. The van der Waals surface area contributed by atoms with E-state index in [0.29, 0.717) is 11.4 Å². The summed E-state index contributed by atoms with van der Waals surface area (Å²) in [6.07, 6.45) is 0.957. The number of hydrogen-bond acceptors (Lipinski definition) is 3. The fraction of sp³-hybridized carbons (Fsp3) is 0.375. The van der Waals surface area contributed by atoms with E-state index in [0.717, 1.165) is 18.5 Å². The van der Waals surface area contributed by atoms with Crippen LogP contribution in [0.1, 0.15) is 20.8 Å². The van der Waals surface area contributed by atoms with Crippen LogP contribution >= 0.6 is 11.3 Å². The summed E-state index contributed by atoms with van der Waals surface area (Å²) in [5, 5.41) is 13.9. The first-order valence-corrected chi connectivity index (χ1v) is 4.70. The van der Waals surface area contributed by atoms with Gasteiger partial charge in [0, 0.05) is 6.54 Å². The maximum absolute atomic E-state index is 10.7. The van der Waals surface area contributed by atoms with Gasteiger partial charge in [-0.15, -0.1) is 11.3 Å². The van der Waals surface area contributed by atoms with Crippen LogP contribution in [-0.4, -0.2) is 17.6 Å². The lowest BCUT2D eigenvalue weighted by Crippen LogP contribution is -2.23. The number of fused-ring (bicyclic) bond motifs is 1. The van der Waals surface area contributed by atoms with Gasteiger partial charge in [0.05, 0.1) is 0 Å². The zero-order chi connectivity index (χ0) is 8.55. The standard InChI is InChI=1S/C8H9NO2S/c10-8(11)7-6-3-9-2-1-5(6)4-12-7/h4,9H,1-3H2,(H,10,11). The number of rotatable bonds is 1. The predicted molar refractivity (Wildman–Crippen MR) is 46.7 cm³/mol. The molecule has 0 fully saturated rings. The Bertz CT molecular complexity index is 319. The second-order valence-electron chi connectivity index (χ2n) is 2.80. The smallest absolute Gasteiger partial charge is 0.346 e. The molecule has 3 nitrogen and oxygen atoms in total. The van der Waals surface area contributed by atoms with Crippen molar-refractivity contribution in [2.24, 2.45) is 0 Å². The van der Waals surface area contributed by atoms with Gasteiger partial charge in [-0.1, -0.05) is 0 Å². The number of carbonyl (C=O) groups is 1. The largest absolute Gasteiger partial charge is 0.477 e. The number of nitrogens with one attached hydrogen (secondary N) is 1. The molecule has 0 amide bonds. The Balaban J connectivity index is 2.44. The van der Waals surface area contributed by atoms with Crippen molar-refractivity contribution in [2.75, 3.05) is 6.54 Å². The Hall–Kier alpha value is -0.870. The summed E-state index contributed by atoms with van der Waals surface area (Å²) in [7, 11) is 0. The van der Waals surface area contributed by atoms with Gasteiger partial charge in [-0.3, -0.25) is 0 Å². The topological polar surface area (TPSA) is 49.3 Å². The maximum atomic E-state index is 10.7. The van der Waals surface area contributed by atoms with E-state index < -0.39 is 5.97 Å². The molecule has 4 heteroatoms. The van der Waals surface area contributed by atoms with Gasteiger partial charge in [-0.2, -0.15) is 0 Å². The minimum Gasteiger partial charge on any atom is -0.477 e. The molecule has 1 aliphatic heterocycles. The number of aromatic carboxylic acids is 1. The minimum absolute atomic E-state index is 0.497. The summed E-state index contributed by atoms with van der Waals surface area (Å²) < 4.78 is 0. The molecular weight excluding hydrogens is 174 g/mol. The highest BCUT2D eigenvalue weighted by atomic mass is 32.1. The summed E-state index contributed by atoms with van der Waals surface area (Å²) in [5.41, 5.74) is 2.19. The fourth-order valence-electron chi connectivity index (χ4n) is 1.44. The van der Waals surface area contributed by atoms with Crippen LogP contribution in [0.5, 0.6) is 0 Å². The molecule has 64 valence electrons. The average Bonchev–Trinajstić information content (AvgIpc) is 2.47. The van der Waals surface area contributed by atoms with E-state index in [9.17, 15) is 4.79 Å². The highest BCUT2D eigenvalue weighted by molar-refractivity contribution is 7.12. The van der Waals surface area contributed by atoms with Crippen molar-refractivity contribution in [3.63, 3.8) is 0 Å². The van der Waals surface area contributed by atoms with Crippen molar-refractivity contribution in [2.45, 2.75) is 13.0 Å². The first kappa shape index (κ1) is 7.76. The Kier molecular flexibility index (Phi) is 1.86. The molecule has 0 saturated heterocycles. The Morgan fingerprint density at radius 1 is 1.67 bits per heavy atom. The molecule has 1 aromatic rings. The van der Waals surface area contributed by atoms with Crippen molar-refractivity contribution in [3.8, 4) is 0 Å². The van der Waals surface area contributed by atoms with Gasteiger partial charge in [0.2, 0.25) is 0 Å². The van der Waals surface area contributed by atoms with Crippen LogP contribution < -0.4 is 5.32 Å². The monoisotopic (exact) mass is 183 g/mol. The van der Waals surface area contributed by atoms with Crippen LogP contribution in [0.25, 0.3) is 0 Å². The van der Waals surface area contributed by atoms with Crippen molar-refractivity contribution in [3.05, 3.63) is 21.4 Å². The summed E-state index contributed by atoms with van der Waals surface area (Å²) in [5.74, 6) is -0.801. The molecule has 2 rings (SSSR count). The van der Waals surface area contributed by atoms with Crippen molar-refractivity contribution in [1.29, 1.82) is 0 Å². The Morgan fingerprint density at radius 3 is 3.25 bits per heavy atom. The second-order valence-corrected chi connectivity index (χ2v) is 3.68. The molecule has 1 aliphatic rings. The van der Waals surface area contributed by atoms with Gasteiger partial charge < -0.3 is 10.4 Å². The van der Waals surface area contributed by atoms with E-state index >= 15 is 0 Å². The lowest BCUT2D eigenvalue weighted by Gasteiger charge is -2.12. The fourth-order valence-corrected chi connectivity index (χ4v) is 2.40. The maximum Gasteiger partial charge on any atom is 0.346 e. The molecule has 0 radical (unpaired) electrons. The lowest BCUT2D eigenvalue weighted by molar-refractivity contribution is 0.0700. The van der Waals surface area contributed by atoms with E-state index in [1.807, 2.05) is 5.38 Å². The van der Waals surface area contributed by atoms with E-state index in [1.165, 1.54) is 16.9 Å². The molecule has 0 aromatic carbocycles. The summed E-state index contributed by atoms with van der Waals surface area (Å²) in [6.45, 7) is 1.67. The lowest BCUT2D eigenvalue weighted by atomic mass is 10.1. The quantitative estimate of drug-likeness (QED) is 0.685.